The monoisotopic (exact) mass is 430 g/mol. The lowest BCUT2D eigenvalue weighted by molar-refractivity contribution is 0.516. The van der Waals surface area contributed by atoms with Crippen LogP contribution in [0.1, 0.15) is 30.6 Å². The third kappa shape index (κ3) is 4.78. The van der Waals surface area contributed by atoms with Gasteiger partial charge in [-0.05, 0) is 68.9 Å². The Morgan fingerprint density at radius 1 is 1.29 bits per heavy atom. The van der Waals surface area contributed by atoms with Crippen molar-refractivity contribution in [2.45, 2.75) is 25.8 Å². The first kappa shape index (κ1) is 16.9. The van der Waals surface area contributed by atoms with Crippen LogP contribution in [0.4, 0.5) is 0 Å². The molecule has 2 nitrogen and oxygen atoms in total. The molecule has 21 heavy (non-hydrogen) atoms. The van der Waals surface area contributed by atoms with Gasteiger partial charge in [-0.1, -0.05) is 36.7 Å². The number of halogens is 3. The first-order valence-corrected chi connectivity index (χ1v) is 8.86. The highest BCUT2D eigenvalue weighted by Gasteiger charge is 2.17. The molecule has 1 heterocycles. The van der Waals surface area contributed by atoms with Crippen LogP contribution in [0, 0.1) is 0 Å². The minimum atomic E-state index is 0.132. The summed E-state index contributed by atoms with van der Waals surface area (Å²) in [6, 6.07) is 10.1. The summed E-state index contributed by atoms with van der Waals surface area (Å²) in [7, 11) is 0. The zero-order valence-electron chi connectivity index (χ0n) is 11.7. The zero-order valence-corrected chi connectivity index (χ0v) is 15.7. The zero-order chi connectivity index (χ0) is 15.2. The fraction of sp³-hybridized carbons (Fsp3) is 0.312. The van der Waals surface area contributed by atoms with E-state index in [0.717, 1.165) is 44.6 Å². The van der Waals surface area contributed by atoms with Gasteiger partial charge in [0.05, 0.1) is 11.7 Å². The summed E-state index contributed by atoms with van der Waals surface area (Å²) in [4.78, 5) is 4.56. The van der Waals surface area contributed by atoms with Crippen molar-refractivity contribution in [1.29, 1.82) is 0 Å². The highest BCUT2D eigenvalue weighted by molar-refractivity contribution is 9.11. The predicted octanol–water partition coefficient (Wildman–Crippen LogP) is 5.54. The van der Waals surface area contributed by atoms with E-state index in [9.17, 15) is 0 Å². The maximum Gasteiger partial charge on any atom is 0.0719 e. The molecule has 112 valence electrons. The minimum absolute atomic E-state index is 0.132. The molecule has 2 aromatic rings. The number of benzene rings is 1. The van der Waals surface area contributed by atoms with Crippen molar-refractivity contribution in [2.24, 2.45) is 0 Å². The molecule has 0 fully saturated rings. The Morgan fingerprint density at radius 2 is 2.05 bits per heavy atom. The first-order chi connectivity index (χ1) is 10.1. The molecule has 0 bridgehead atoms. The number of hydrogen-bond donors (Lipinski definition) is 1. The summed E-state index contributed by atoms with van der Waals surface area (Å²) in [5, 5.41) is 4.36. The SMILES string of the molecule is CCCNC(Cc1ccccc1Cl)c1ncc(Br)cc1Br. The Labute approximate surface area is 147 Å². The fourth-order valence-electron chi connectivity index (χ4n) is 2.15. The summed E-state index contributed by atoms with van der Waals surface area (Å²) < 4.78 is 1.96. The van der Waals surface area contributed by atoms with E-state index in [2.05, 4.69) is 55.2 Å². The van der Waals surface area contributed by atoms with Crippen LogP contribution in [0.5, 0.6) is 0 Å². The van der Waals surface area contributed by atoms with Gasteiger partial charge in [0, 0.05) is 20.2 Å². The van der Waals surface area contributed by atoms with Crippen LogP contribution in [-0.4, -0.2) is 11.5 Å². The number of nitrogens with zero attached hydrogens (tertiary/aromatic N) is 1. The second kappa shape index (κ2) is 8.28. The number of hydrogen-bond acceptors (Lipinski definition) is 2. The maximum absolute atomic E-state index is 6.29. The topological polar surface area (TPSA) is 24.9 Å². The molecule has 1 aromatic heterocycles. The van der Waals surface area contributed by atoms with E-state index in [4.69, 9.17) is 11.6 Å². The smallest absolute Gasteiger partial charge is 0.0719 e. The van der Waals surface area contributed by atoms with Crippen LogP contribution < -0.4 is 5.32 Å². The Bertz CT molecular complexity index is 605. The fourth-order valence-corrected chi connectivity index (χ4v) is 3.63. The van der Waals surface area contributed by atoms with Crippen LogP contribution in [-0.2, 0) is 6.42 Å². The molecule has 1 aromatic carbocycles. The van der Waals surface area contributed by atoms with Gasteiger partial charge in [-0.25, -0.2) is 0 Å². The molecule has 1 unspecified atom stereocenters. The van der Waals surface area contributed by atoms with Crippen molar-refractivity contribution in [2.75, 3.05) is 6.54 Å². The van der Waals surface area contributed by atoms with E-state index >= 15 is 0 Å². The third-order valence-corrected chi connectivity index (χ3v) is 4.63. The lowest BCUT2D eigenvalue weighted by Crippen LogP contribution is -2.25. The van der Waals surface area contributed by atoms with Gasteiger partial charge in [-0.15, -0.1) is 0 Å². The Hall–Kier alpha value is -0.420. The van der Waals surface area contributed by atoms with E-state index in [-0.39, 0.29) is 6.04 Å². The molecule has 0 aliphatic carbocycles. The molecule has 0 radical (unpaired) electrons. The maximum atomic E-state index is 6.29. The number of pyridine rings is 1. The molecule has 5 heteroatoms. The highest BCUT2D eigenvalue weighted by atomic mass is 79.9. The second-order valence-corrected chi connectivity index (χ2v) is 7.00. The first-order valence-electron chi connectivity index (χ1n) is 6.89. The molecule has 0 aliphatic rings. The number of rotatable bonds is 6. The molecule has 0 amide bonds. The van der Waals surface area contributed by atoms with Gasteiger partial charge >= 0.3 is 0 Å². The van der Waals surface area contributed by atoms with Crippen molar-refractivity contribution in [1.82, 2.24) is 10.3 Å². The normalized spacial score (nSPS) is 12.4. The van der Waals surface area contributed by atoms with Gasteiger partial charge < -0.3 is 5.32 Å². The van der Waals surface area contributed by atoms with Gasteiger partial charge in [0.25, 0.3) is 0 Å². The van der Waals surface area contributed by atoms with E-state index in [1.807, 2.05) is 30.5 Å². The predicted molar refractivity (Wildman–Crippen MR) is 95.8 cm³/mol. The molecular weight excluding hydrogens is 415 g/mol. The number of nitrogens with one attached hydrogen (secondary N) is 1. The quantitative estimate of drug-likeness (QED) is 0.648. The average molecular weight is 433 g/mol. The van der Waals surface area contributed by atoms with E-state index in [1.165, 1.54) is 0 Å². The van der Waals surface area contributed by atoms with Crippen LogP contribution in [0.15, 0.2) is 45.5 Å². The van der Waals surface area contributed by atoms with Crippen LogP contribution in [0.3, 0.4) is 0 Å². The Kier molecular flexibility index (Phi) is 6.68. The van der Waals surface area contributed by atoms with Gasteiger partial charge in [0.15, 0.2) is 0 Å². The molecular formula is C16H17Br2ClN2. The summed E-state index contributed by atoms with van der Waals surface area (Å²) in [5.41, 5.74) is 2.14. The van der Waals surface area contributed by atoms with Gasteiger partial charge in [-0.3, -0.25) is 4.98 Å². The van der Waals surface area contributed by atoms with Crippen molar-refractivity contribution in [3.63, 3.8) is 0 Å². The second-order valence-electron chi connectivity index (χ2n) is 4.82. The lowest BCUT2D eigenvalue weighted by Gasteiger charge is -2.20. The van der Waals surface area contributed by atoms with Crippen molar-refractivity contribution in [3.05, 3.63) is 61.8 Å². The highest BCUT2D eigenvalue weighted by Crippen LogP contribution is 2.28. The van der Waals surface area contributed by atoms with Crippen LogP contribution in [0.25, 0.3) is 0 Å². The van der Waals surface area contributed by atoms with E-state index in [0.29, 0.717) is 0 Å². The van der Waals surface area contributed by atoms with Crippen molar-refractivity contribution < 1.29 is 0 Å². The standard InChI is InChI=1S/C16H17Br2ClN2/c1-2-7-20-15(8-11-5-3-4-6-14(11)19)16-13(18)9-12(17)10-21-16/h3-6,9-10,15,20H,2,7-8H2,1H3. The Balaban J connectivity index is 2.27. The molecule has 1 N–H and O–H groups in total. The van der Waals surface area contributed by atoms with Crippen molar-refractivity contribution in [3.8, 4) is 0 Å². The van der Waals surface area contributed by atoms with E-state index in [1.54, 1.807) is 0 Å². The van der Waals surface area contributed by atoms with Gasteiger partial charge in [0.1, 0.15) is 0 Å². The largest absolute Gasteiger partial charge is 0.308 e. The summed E-state index contributed by atoms with van der Waals surface area (Å²) in [5.74, 6) is 0. The third-order valence-electron chi connectivity index (χ3n) is 3.19. The molecule has 1 atom stereocenters. The van der Waals surface area contributed by atoms with Crippen LogP contribution >= 0.6 is 43.5 Å². The Morgan fingerprint density at radius 3 is 2.71 bits per heavy atom. The number of aromatic nitrogens is 1. The lowest BCUT2D eigenvalue weighted by atomic mass is 10.0. The van der Waals surface area contributed by atoms with Crippen LogP contribution in [0.2, 0.25) is 5.02 Å². The minimum Gasteiger partial charge on any atom is -0.308 e. The molecule has 0 saturated carbocycles. The average Bonchev–Trinajstić information content (AvgIpc) is 2.46. The molecule has 2 rings (SSSR count). The molecule has 0 spiro atoms. The van der Waals surface area contributed by atoms with E-state index < -0.39 is 0 Å². The van der Waals surface area contributed by atoms with Crippen molar-refractivity contribution >= 4 is 43.5 Å². The molecule has 0 aliphatic heterocycles. The summed E-state index contributed by atoms with van der Waals surface area (Å²) in [6.07, 6.45) is 3.72. The molecule has 0 saturated heterocycles. The van der Waals surface area contributed by atoms with Gasteiger partial charge in [0.2, 0.25) is 0 Å². The summed E-state index contributed by atoms with van der Waals surface area (Å²) >= 11 is 13.3. The van der Waals surface area contributed by atoms with Gasteiger partial charge in [-0.2, -0.15) is 0 Å². The summed E-state index contributed by atoms with van der Waals surface area (Å²) in [6.45, 7) is 3.10.